The molecule has 0 saturated carbocycles. The fourth-order valence-electron chi connectivity index (χ4n) is 3.26. The summed E-state index contributed by atoms with van der Waals surface area (Å²) in [5, 5.41) is 6.19. The molecule has 2 heterocycles. The van der Waals surface area contributed by atoms with Crippen LogP contribution in [0.15, 0.2) is 0 Å². The first kappa shape index (κ1) is 16.7. The van der Waals surface area contributed by atoms with Crippen molar-refractivity contribution in [3.63, 3.8) is 0 Å². The molecule has 2 aliphatic heterocycles. The SMILES string of the molecule is CNC(=O)CC1CCN(CC2(C)CCNC2)CC1.Cl. The zero-order valence-electron chi connectivity index (χ0n) is 12.2. The van der Waals surface area contributed by atoms with Crippen molar-refractivity contribution in [2.24, 2.45) is 11.3 Å². The molecule has 0 aromatic carbocycles. The van der Waals surface area contributed by atoms with Crippen LogP contribution in [0.25, 0.3) is 0 Å². The first-order valence-electron chi connectivity index (χ1n) is 7.25. The summed E-state index contributed by atoms with van der Waals surface area (Å²) in [6.45, 7) is 8.26. The van der Waals surface area contributed by atoms with Gasteiger partial charge in [0, 0.05) is 26.6 Å². The lowest BCUT2D eigenvalue weighted by Crippen LogP contribution is -2.42. The number of likely N-dealkylation sites (tertiary alicyclic amines) is 1. The van der Waals surface area contributed by atoms with Gasteiger partial charge in [0.05, 0.1) is 0 Å². The van der Waals surface area contributed by atoms with Crippen molar-refractivity contribution in [2.45, 2.75) is 32.6 Å². The number of nitrogens with one attached hydrogen (secondary N) is 2. The lowest BCUT2D eigenvalue weighted by molar-refractivity contribution is -0.121. The van der Waals surface area contributed by atoms with Gasteiger partial charge < -0.3 is 15.5 Å². The molecule has 1 amide bonds. The summed E-state index contributed by atoms with van der Waals surface area (Å²) in [6, 6.07) is 0. The van der Waals surface area contributed by atoms with Gasteiger partial charge in [-0.1, -0.05) is 6.92 Å². The third-order valence-electron chi connectivity index (χ3n) is 4.52. The Balaban J connectivity index is 0.00000180. The molecular weight excluding hydrogens is 262 g/mol. The Hall–Kier alpha value is -0.320. The van der Waals surface area contributed by atoms with Crippen LogP contribution in [0.1, 0.15) is 32.6 Å². The van der Waals surface area contributed by atoms with Gasteiger partial charge in [-0.05, 0) is 50.2 Å². The van der Waals surface area contributed by atoms with Crippen molar-refractivity contribution in [3.8, 4) is 0 Å². The number of hydrogen-bond donors (Lipinski definition) is 2. The van der Waals surface area contributed by atoms with Crippen LogP contribution in [-0.2, 0) is 4.79 Å². The predicted octanol–water partition coefficient (Wildman–Crippen LogP) is 1.26. The largest absolute Gasteiger partial charge is 0.359 e. The monoisotopic (exact) mass is 289 g/mol. The minimum Gasteiger partial charge on any atom is -0.359 e. The van der Waals surface area contributed by atoms with Gasteiger partial charge in [0.15, 0.2) is 0 Å². The number of nitrogens with zero attached hydrogens (tertiary/aromatic N) is 1. The van der Waals surface area contributed by atoms with E-state index in [9.17, 15) is 4.79 Å². The Morgan fingerprint density at radius 2 is 2.11 bits per heavy atom. The molecule has 112 valence electrons. The quantitative estimate of drug-likeness (QED) is 0.819. The second-order valence-corrected chi connectivity index (χ2v) is 6.33. The lowest BCUT2D eigenvalue weighted by Gasteiger charge is -2.36. The summed E-state index contributed by atoms with van der Waals surface area (Å²) in [7, 11) is 1.73. The van der Waals surface area contributed by atoms with E-state index in [2.05, 4.69) is 22.5 Å². The molecule has 0 radical (unpaired) electrons. The maximum Gasteiger partial charge on any atom is 0.220 e. The summed E-state index contributed by atoms with van der Waals surface area (Å²) in [6.07, 6.45) is 4.36. The van der Waals surface area contributed by atoms with Crippen molar-refractivity contribution < 1.29 is 4.79 Å². The molecule has 0 aromatic rings. The van der Waals surface area contributed by atoms with Crippen LogP contribution in [0, 0.1) is 11.3 Å². The molecule has 0 bridgehead atoms. The molecule has 5 heteroatoms. The van der Waals surface area contributed by atoms with E-state index in [0.29, 0.717) is 17.8 Å². The zero-order valence-corrected chi connectivity index (χ0v) is 13.0. The van der Waals surface area contributed by atoms with Gasteiger partial charge >= 0.3 is 0 Å². The van der Waals surface area contributed by atoms with Crippen LogP contribution in [0.2, 0.25) is 0 Å². The van der Waals surface area contributed by atoms with Crippen molar-refractivity contribution in [1.82, 2.24) is 15.5 Å². The Morgan fingerprint density at radius 1 is 1.42 bits per heavy atom. The summed E-state index contributed by atoms with van der Waals surface area (Å²) < 4.78 is 0. The van der Waals surface area contributed by atoms with Gasteiger partial charge in [-0.3, -0.25) is 4.79 Å². The minimum atomic E-state index is 0. The van der Waals surface area contributed by atoms with Crippen LogP contribution in [0.5, 0.6) is 0 Å². The van der Waals surface area contributed by atoms with Gasteiger partial charge in [0.25, 0.3) is 0 Å². The van der Waals surface area contributed by atoms with Crippen LogP contribution in [0.4, 0.5) is 0 Å². The molecule has 1 atom stereocenters. The lowest BCUT2D eigenvalue weighted by atomic mass is 9.87. The molecule has 2 N–H and O–H groups in total. The summed E-state index contributed by atoms with van der Waals surface area (Å²) in [5.74, 6) is 0.788. The highest BCUT2D eigenvalue weighted by molar-refractivity contribution is 5.85. The second kappa shape index (κ2) is 7.46. The van der Waals surface area contributed by atoms with Crippen LogP contribution >= 0.6 is 12.4 Å². The van der Waals surface area contributed by atoms with Crippen LogP contribution < -0.4 is 10.6 Å². The Kier molecular flexibility index (Phi) is 6.57. The average Bonchev–Trinajstić information content (AvgIpc) is 2.78. The first-order chi connectivity index (χ1) is 8.61. The van der Waals surface area contributed by atoms with Crippen LogP contribution in [0.3, 0.4) is 0 Å². The minimum absolute atomic E-state index is 0. The third kappa shape index (κ3) is 4.93. The smallest absolute Gasteiger partial charge is 0.220 e. The Morgan fingerprint density at radius 3 is 2.63 bits per heavy atom. The first-order valence-corrected chi connectivity index (χ1v) is 7.25. The number of carbonyl (C=O) groups excluding carboxylic acids is 1. The highest BCUT2D eigenvalue weighted by Gasteiger charge is 2.32. The van der Waals surface area contributed by atoms with E-state index in [-0.39, 0.29) is 18.3 Å². The molecule has 2 aliphatic rings. The van der Waals surface area contributed by atoms with E-state index in [1.807, 2.05) is 0 Å². The average molecular weight is 290 g/mol. The molecule has 0 spiro atoms. The molecular formula is C14H28ClN3O. The summed E-state index contributed by atoms with van der Waals surface area (Å²) >= 11 is 0. The molecule has 2 fully saturated rings. The van der Waals surface area contributed by atoms with E-state index in [1.54, 1.807) is 7.05 Å². The van der Waals surface area contributed by atoms with E-state index in [1.165, 1.54) is 32.4 Å². The summed E-state index contributed by atoms with van der Waals surface area (Å²) in [4.78, 5) is 13.9. The maximum absolute atomic E-state index is 11.4. The zero-order chi connectivity index (χ0) is 13.0. The maximum atomic E-state index is 11.4. The van der Waals surface area contributed by atoms with Crippen molar-refractivity contribution in [1.29, 1.82) is 0 Å². The molecule has 1 unspecified atom stereocenters. The van der Waals surface area contributed by atoms with Crippen molar-refractivity contribution in [3.05, 3.63) is 0 Å². The standard InChI is InChI=1S/C14H27N3O.ClH/c1-14(5-6-16-10-14)11-17-7-3-12(4-8-17)9-13(18)15-2;/h12,16H,3-11H2,1-2H3,(H,15,18);1H. The van der Waals surface area contributed by atoms with Crippen molar-refractivity contribution >= 4 is 18.3 Å². The second-order valence-electron chi connectivity index (χ2n) is 6.33. The van der Waals surface area contributed by atoms with Gasteiger partial charge in [0.2, 0.25) is 5.91 Å². The molecule has 0 aromatic heterocycles. The van der Waals surface area contributed by atoms with Gasteiger partial charge in [-0.15, -0.1) is 12.4 Å². The van der Waals surface area contributed by atoms with E-state index in [0.717, 1.165) is 19.6 Å². The number of rotatable bonds is 4. The normalized spacial score (nSPS) is 28.9. The Bertz CT molecular complexity index is 284. The number of hydrogen-bond acceptors (Lipinski definition) is 3. The van der Waals surface area contributed by atoms with Gasteiger partial charge in [-0.25, -0.2) is 0 Å². The topological polar surface area (TPSA) is 44.4 Å². The molecule has 2 saturated heterocycles. The molecule has 4 nitrogen and oxygen atoms in total. The number of amides is 1. The van der Waals surface area contributed by atoms with Gasteiger partial charge in [-0.2, -0.15) is 0 Å². The highest BCUT2D eigenvalue weighted by atomic mass is 35.5. The third-order valence-corrected chi connectivity index (χ3v) is 4.52. The van der Waals surface area contributed by atoms with Crippen molar-refractivity contribution in [2.75, 3.05) is 39.8 Å². The fourth-order valence-corrected chi connectivity index (χ4v) is 3.26. The number of halogens is 1. The van der Waals surface area contributed by atoms with Crippen LogP contribution in [-0.4, -0.2) is 50.6 Å². The molecule has 19 heavy (non-hydrogen) atoms. The Labute approximate surface area is 123 Å². The molecule has 0 aliphatic carbocycles. The summed E-state index contributed by atoms with van der Waals surface area (Å²) in [5.41, 5.74) is 0.466. The van der Waals surface area contributed by atoms with E-state index >= 15 is 0 Å². The predicted molar refractivity (Wildman–Crippen MR) is 80.7 cm³/mol. The van der Waals surface area contributed by atoms with Gasteiger partial charge in [0.1, 0.15) is 0 Å². The van der Waals surface area contributed by atoms with E-state index < -0.39 is 0 Å². The highest BCUT2D eigenvalue weighted by Crippen LogP contribution is 2.28. The van der Waals surface area contributed by atoms with E-state index in [4.69, 9.17) is 0 Å². The molecule has 2 rings (SSSR count). The fraction of sp³-hybridized carbons (Fsp3) is 0.929. The number of piperidine rings is 1. The number of carbonyl (C=O) groups is 1.